The summed E-state index contributed by atoms with van der Waals surface area (Å²) in [5.74, 6) is 1.05. The molecule has 2 rings (SSSR count). The van der Waals surface area contributed by atoms with Gasteiger partial charge in [-0.1, -0.05) is 0 Å². The lowest BCUT2D eigenvalue weighted by Crippen LogP contribution is -2.05. The quantitative estimate of drug-likeness (QED) is 0.738. The summed E-state index contributed by atoms with van der Waals surface area (Å²) >= 11 is 3.57. The van der Waals surface area contributed by atoms with Crippen molar-refractivity contribution < 1.29 is 4.74 Å². The smallest absolute Gasteiger partial charge is 0.111 e. The highest BCUT2D eigenvalue weighted by Gasteiger charge is 2.19. The second kappa shape index (κ2) is 3.22. The third-order valence-corrected chi connectivity index (χ3v) is 3.39. The Bertz CT molecular complexity index is 365. The molecule has 0 bridgehead atoms. The van der Waals surface area contributed by atoms with Gasteiger partial charge >= 0.3 is 0 Å². The van der Waals surface area contributed by atoms with Gasteiger partial charge in [-0.2, -0.15) is 0 Å². The summed E-state index contributed by atoms with van der Waals surface area (Å²) in [5.41, 5.74) is 2.65. The molecule has 1 heterocycles. The van der Waals surface area contributed by atoms with Crippen LogP contribution < -0.4 is 0 Å². The van der Waals surface area contributed by atoms with Crippen molar-refractivity contribution in [3.8, 4) is 0 Å². The minimum Gasteiger partial charge on any atom is -0.500 e. The van der Waals surface area contributed by atoms with E-state index < -0.39 is 0 Å². The fourth-order valence-electron chi connectivity index (χ4n) is 1.76. The Balaban J connectivity index is 2.53. The van der Waals surface area contributed by atoms with E-state index in [0.717, 1.165) is 23.1 Å². The van der Waals surface area contributed by atoms with Crippen molar-refractivity contribution in [2.75, 3.05) is 7.11 Å². The van der Waals surface area contributed by atoms with Crippen LogP contribution in [0.15, 0.2) is 18.0 Å². The van der Waals surface area contributed by atoms with E-state index in [1.54, 1.807) is 7.11 Å². The van der Waals surface area contributed by atoms with Crippen molar-refractivity contribution in [1.82, 2.24) is 4.57 Å². The molecule has 3 heteroatoms. The predicted octanol–water partition coefficient (Wildman–Crippen LogP) is 2.68. The molecule has 0 amide bonds. The van der Waals surface area contributed by atoms with Gasteiger partial charge in [-0.15, -0.1) is 0 Å². The molecule has 0 aliphatic heterocycles. The van der Waals surface area contributed by atoms with Gasteiger partial charge in [0.25, 0.3) is 0 Å². The van der Waals surface area contributed by atoms with E-state index in [9.17, 15) is 0 Å². The molecule has 0 saturated carbocycles. The first-order chi connectivity index (χ1) is 6.24. The number of hydrogen-bond acceptors (Lipinski definition) is 1. The molecule has 0 N–H and O–H groups in total. The molecular weight excluding hydrogens is 230 g/mol. The minimum atomic E-state index is 0.988. The standard InChI is InChI=1S/C10H12BrNO/c1-12-6-5-7-8(12)3-4-9(13-2)10(7)11/h5-6H,3-4H2,1-2H3. The SMILES string of the molecule is COC1=C(Br)c2ccn(C)c2CC1. The number of nitrogens with zero attached hydrogens (tertiary/aromatic N) is 1. The van der Waals surface area contributed by atoms with Gasteiger partial charge in [0, 0.05) is 30.9 Å². The average Bonchev–Trinajstić information content (AvgIpc) is 2.50. The number of hydrogen-bond donors (Lipinski definition) is 0. The van der Waals surface area contributed by atoms with E-state index in [1.165, 1.54) is 11.3 Å². The molecule has 1 aliphatic carbocycles. The van der Waals surface area contributed by atoms with Crippen LogP contribution in [0, 0.1) is 0 Å². The fourth-order valence-corrected chi connectivity index (χ4v) is 2.48. The van der Waals surface area contributed by atoms with Gasteiger partial charge in [-0.05, 0) is 28.4 Å². The van der Waals surface area contributed by atoms with Crippen LogP contribution in [0.5, 0.6) is 0 Å². The van der Waals surface area contributed by atoms with Gasteiger partial charge < -0.3 is 9.30 Å². The third kappa shape index (κ3) is 1.31. The van der Waals surface area contributed by atoms with E-state index in [1.807, 2.05) is 0 Å². The largest absolute Gasteiger partial charge is 0.500 e. The van der Waals surface area contributed by atoms with Crippen molar-refractivity contribution in [1.29, 1.82) is 0 Å². The molecule has 13 heavy (non-hydrogen) atoms. The van der Waals surface area contributed by atoms with Crippen molar-refractivity contribution in [3.63, 3.8) is 0 Å². The first-order valence-corrected chi connectivity index (χ1v) is 5.10. The van der Waals surface area contributed by atoms with Crippen LogP contribution in [-0.2, 0) is 18.2 Å². The zero-order valence-electron chi connectivity index (χ0n) is 7.80. The van der Waals surface area contributed by atoms with Crippen LogP contribution in [0.4, 0.5) is 0 Å². The zero-order valence-corrected chi connectivity index (χ0v) is 9.39. The lowest BCUT2D eigenvalue weighted by molar-refractivity contribution is 0.278. The van der Waals surface area contributed by atoms with Crippen LogP contribution >= 0.6 is 15.9 Å². The number of fused-ring (bicyclic) bond motifs is 1. The molecule has 0 unspecified atom stereocenters. The first-order valence-electron chi connectivity index (χ1n) is 4.31. The lowest BCUT2D eigenvalue weighted by atomic mass is 10.0. The van der Waals surface area contributed by atoms with Crippen LogP contribution in [0.3, 0.4) is 0 Å². The number of ether oxygens (including phenoxy) is 1. The number of halogens is 1. The van der Waals surface area contributed by atoms with Crippen LogP contribution in [0.1, 0.15) is 17.7 Å². The Morgan fingerprint density at radius 3 is 2.92 bits per heavy atom. The second-order valence-corrected chi connectivity index (χ2v) is 4.02. The van der Waals surface area contributed by atoms with Crippen molar-refractivity contribution >= 4 is 20.4 Å². The molecule has 2 nitrogen and oxygen atoms in total. The molecule has 0 aromatic carbocycles. The molecule has 1 aliphatic rings. The Morgan fingerprint density at radius 2 is 2.23 bits per heavy atom. The second-order valence-electron chi connectivity index (χ2n) is 3.23. The molecular formula is C10H12BrNO. The summed E-state index contributed by atoms with van der Waals surface area (Å²) in [4.78, 5) is 0. The van der Waals surface area contributed by atoms with Gasteiger partial charge in [-0.25, -0.2) is 0 Å². The summed E-state index contributed by atoms with van der Waals surface area (Å²) in [6.45, 7) is 0. The first kappa shape index (κ1) is 8.88. The Morgan fingerprint density at radius 1 is 1.46 bits per heavy atom. The monoisotopic (exact) mass is 241 g/mol. The molecule has 0 radical (unpaired) electrons. The van der Waals surface area contributed by atoms with E-state index in [4.69, 9.17) is 4.74 Å². The summed E-state index contributed by atoms with van der Waals surface area (Å²) in [5, 5.41) is 0. The van der Waals surface area contributed by atoms with Crippen LogP contribution in [0.2, 0.25) is 0 Å². The molecule has 1 aromatic heterocycles. The summed E-state index contributed by atoms with van der Waals surface area (Å²) in [6, 6.07) is 2.12. The Labute approximate surface area is 86.3 Å². The van der Waals surface area contributed by atoms with Gasteiger partial charge in [0.05, 0.1) is 11.6 Å². The molecule has 0 atom stereocenters. The Hall–Kier alpha value is -0.700. The summed E-state index contributed by atoms with van der Waals surface area (Å²) < 4.78 is 8.57. The normalized spacial score (nSPS) is 15.9. The molecule has 0 spiro atoms. The van der Waals surface area contributed by atoms with Crippen molar-refractivity contribution in [3.05, 3.63) is 29.3 Å². The number of methoxy groups -OCH3 is 1. The number of rotatable bonds is 1. The van der Waals surface area contributed by atoms with E-state index in [-0.39, 0.29) is 0 Å². The predicted molar refractivity (Wildman–Crippen MR) is 56.6 cm³/mol. The number of aromatic nitrogens is 1. The fraction of sp³-hybridized carbons (Fsp3) is 0.400. The highest BCUT2D eigenvalue weighted by molar-refractivity contribution is 9.15. The van der Waals surface area contributed by atoms with Gasteiger partial charge in [0.15, 0.2) is 0 Å². The van der Waals surface area contributed by atoms with Gasteiger partial charge in [-0.3, -0.25) is 0 Å². The molecule has 70 valence electrons. The molecule has 0 saturated heterocycles. The highest BCUT2D eigenvalue weighted by atomic mass is 79.9. The number of aryl methyl sites for hydroxylation is 1. The average molecular weight is 242 g/mol. The molecule has 0 fully saturated rings. The lowest BCUT2D eigenvalue weighted by Gasteiger charge is -2.17. The van der Waals surface area contributed by atoms with Gasteiger partial charge in [0.2, 0.25) is 0 Å². The highest BCUT2D eigenvalue weighted by Crippen LogP contribution is 2.35. The maximum atomic E-state index is 5.29. The van der Waals surface area contributed by atoms with Crippen molar-refractivity contribution in [2.45, 2.75) is 12.8 Å². The molecule has 1 aromatic rings. The zero-order chi connectivity index (χ0) is 9.42. The Kier molecular flexibility index (Phi) is 2.20. The van der Waals surface area contributed by atoms with E-state index >= 15 is 0 Å². The van der Waals surface area contributed by atoms with Crippen molar-refractivity contribution in [2.24, 2.45) is 7.05 Å². The van der Waals surface area contributed by atoms with Crippen LogP contribution in [-0.4, -0.2) is 11.7 Å². The van der Waals surface area contributed by atoms with Crippen LogP contribution in [0.25, 0.3) is 4.48 Å². The van der Waals surface area contributed by atoms with E-state index in [0.29, 0.717) is 0 Å². The minimum absolute atomic E-state index is 0.988. The maximum absolute atomic E-state index is 5.29. The van der Waals surface area contributed by atoms with Gasteiger partial charge in [0.1, 0.15) is 5.76 Å². The number of allylic oxidation sites excluding steroid dienone is 1. The van der Waals surface area contributed by atoms with E-state index in [2.05, 4.69) is 39.8 Å². The summed E-state index contributed by atoms with van der Waals surface area (Å²) in [6.07, 6.45) is 4.14. The maximum Gasteiger partial charge on any atom is 0.111 e. The summed E-state index contributed by atoms with van der Waals surface area (Å²) in [7, 11) is 3.81. The topological polar surface area (TPSA) is 14.2 Å². The third-order valence-electron chi connectivity index (χ3n) is 2.52.